The Hall–Kier alpha value is -4.02. The van der Waals surface area contributed by atoms with Crippen molar-refractivity contribution < 1.29 is 19.0 Å². The summed E-state index contributed by atoms with van der Waals surface area (Å²) in [4.78, 5) is 32.8. The molecule has 2 bridgehead atoms. The number of piperazine rings is 1. The monoisotopic (exact) mass is 678 g/mol. The molecule has 1 amide bonds. The minimum Gasteiger partial charge on any atom is -0.508 e. The second-order valence-electron chi connectivity index (χ2n) is 15.6. The molecule has 0 saturated carbocycles. The van der Waals surface area contributed by atoms with Crippen LogP contribution in [0.25, 0.3) is 32.8 Å². The Bertz CT molecular complexity index is 1920. The van der Waals surface area contributed by atoms with Gasteiger partial charge in [0, 0.05) is 42.5 Å². The molecule has 1 aromatic heterocycles. The van der Waals surface area contributed by atoms with Gasteiger partial charge in [-0.3, -0.25) is 9.69 Å². The van der Waals surface area contributed by atoms with Crippen LogP contribution in [-0.4, -0.2) is 106 Å². The molecule has 50 heavy (non-hydrogen) atoms. The van der Waals surface area contributed by atoms with Crippen molar-refractivity contribution in [3.05, 3.63) is 54.3 Å². The van der Waals surface area contributed by atoms with Crippen molar-refractivity contribution in [2.45, 2.75) is 75.4 Å². The molecule has 262 valence electrons. The number of amides is 1. The topological polar surface area (TPSA) is 85.3 Å². The average molecular weight is 679 g/mol. The summed E-state index contributed by atoms with van der Waals surface area (Å²) < 4.78 is 23.4. The minimum absolute atomic E-state index is 0.00179. The van der Waals surface area contributed by atoms with E-state index in [-0.39, 0.29) is 40.8 Å². The van der Waals surface area contributed by atoms with Crippen molar-refractivity contribution >= 4 is 33.4 Å². The van der Waals surface area contributed by atoms with Gasteiger partial charge >= 0.3 is 6.01 Å². The van der Waals surface area contributed by atoms with Crippen LogP contribution in [0.15, 0.2) is 48.5 Å². The number of halogens is 1. The highest BCUT2D eigenvalue weighted by Crippen LogP contribution is 2.42. The van der Waals surface area contributed by atoms with E-state index in [0.717, 1.165) is 88.3 Å². The first-order valence-electron chi connectivity index (χ1n) is 18.7. The Kier molecular flexibility index (Phi) is 8.07. The van der Waals surface area contributed by atoms with Crippen molar-refractivity contribution in [1.82, 2.24) is 24.7 Å². The van der Waals surface area contributed by atoms with Crippen LogP contribution in [0.4, 0.5) is 10.2 Å². The number of phenols is 1. The summed E-state index contributed by atoms with van der Waals surface area (Å²) in [7, 11) is 2.16. The Morgan fingerprint density at radius 2 is 1.66 bits per heavy atom. The molecule has 0 spiro atoms. The zero-order valence-electron chi connectivity index (χ0n) is 29.0. The highest BCUT2D eigenvalue weighted by atomic mass is 19.1. The van der Waals surface area contributed by atoms with E-state index in [1.807, 2.05) is 30.3 Å². The molecule has 5 aliphatic heterocycles. The third kappa shape index (κ3) is 5.55. The third-order valence-corrected chi connectivity index (χ3v) is 12.6. The highest BCUT2D eigenvalue weighted by molar-refractivity contribution is 6.01. The van der Waals surface area contributed by atoms with Gasteiger partial charge in [-0.1, -0.05) is 30.3 Å². The predicted molar refractivity (Wildman–Crippen MR) is 193 cm³/mol. The number of ether oxygens (including phenoxy) is 1. The number of phenolic OH excluding ortho intramolecular Hbond substituents is 1. The van der Waals surface area contributed by atoms with Crippen LogP contribution in [0.2, 0.25) is 0 Å². The summed E-state index contributed by atoms with van der Waals surface area (Å²) in [6.45, 7) is 6.09. The molecule has 6 heterocycles. The van der Waals surface area contributed by atoms with Gasteiger partial charge in [-0.15, -0.1) is 0 Å². The van der Waals surface area contributed by atoms with Gasteiger partial charge in [0.15, 0.2) is 5.82 Å². The van der Waals surface area contributed by atoms with Crippen molar-refractivity contribution in [3.63, 3.8) is 0 Å². The first-order chi connectivity index (χ1) is 24.3. The summed E-state index contributed by atoms with van der Waals surface area (Å²) in [6.07, 6.45) is 9.23. The molecule has 3 aromatic carbocycles. The van der Waals surface area contributed by atoms with E-state index < -0.39 is 5.82 Å². The number of hydrogen-bond donors (Lipinski definition) is 1. The van der Waals surface area contributed by atoms with Crippen molar-refractivity contribution in [3.8, 4) is 22.9 Å². The first-order valence-corrected chi connectivity index (χ1v) is 18.7. The normalized spacial score (nSPS) is 24.0. The summed E-state index contributed by atoms with van der Waals surface area (Å²) in [6, 6.07) is 15.1. The fraction of sp³-hybridized carbons (Fsp3) is 0.525. The van der Waals surface area contributed by atoms with Gasteiger partial charge in [-0.2, -0.15) is 9.97 Å². The maximum Gasteiger partial charge on any atom is 0.319 e. The Labute approximate surface area is 293 Å². The van der Waals surface area contributed by atoms with Crippen molar-refractivity contribution in [2.24, 2.45) is 5.92 Å². The molecule has 0 radical (unpaired) electrons. The molecule has 2 atom stereocenters. The van der Waals surface area contributed by atoms with Crippen LogP contribution < -0.4 is 9.64 Å². The number of fused-ring (bicyclic) bond motifs is 5. The molecule has 0 aliphatic carbocycles. The lowest BCUT2D eigenvalue weighted by Crippen LogP contribution is -2.56. The number of aromatic hydroxyl groups is 1. The smallest absolute Gasteiger partial charge is 0.319 e. The van der Waals surface area contributed by atoms with Gasteiger partial charge < -0.3 is 24.5 Å². The Balaban J connectivity index is 1.07. The number of carbonyl (C=O) groups excluding carboxylic acids is 1. The maximum absolute atomic E-state index is 17.0. The SMILES string of the molecule is CN1CCC(CC(=O)N2[C@@H]3CC[C@H]2CN(c2nc(OCC45CCCN4CCC5)nc4c(F)c(-c5cc(O)cc6ccccc56)ccc24)C3)CC1. The van der Waals surface area contributed by atoms with E-state index in [1.54, 1.807) is 18.2 Å². The summed E-state index contributed by atoms with van der Waals surface area (Å²) in [5.41, 5.74) is 1.21. The maximum atomic E-state index is 17.0. The van der Waals surface area contributed by atoms with Crippen LogP contribution in [0.3, 0.4) is 0 Å². The quantitative estimate of drug-likeness (QED) is 0.247. The standard InChI is InChI=1S/C40H47FN6O3/c1-44-18-12-26(13-19-44)20-35(49)47-28-8-9-29(47)24-45(23-28)38-33-11-10-32(34-22-30(48)21-27-6-2-3-7-31(27)34)36(41)37(33)42-39(43-38)50-25-40-14-4-16-46(40)17-5-15-40/h2-3,6-7,10-11,21-22,26,28-29,48H,4-5,8-9,12-20,23-25H2,1H3/t28-,29+. The van der Waals surface area contributed by atoms with Crippen LogP contribution in [0, 0.1) is 11.7 Å². The lowest BCUT2D eigenvalue weighted by molar-refractivity contribution is -0.136. The van der Waals surface area contributed by atoms with Crippen LogP contribution >= 0.6 is 0 Å². The number of nitrogens with zero attached hydrogens (tertiary/aromatic N) is 6. The van der Waals surface area contributed by atoms with Crippen LogP contribution in [-0.2, 0) is 4.79 Å². The molecule has 9 nitrogen and oxygen atoms in total. The number of anilines is 1. The van der Waals surface area contributed by atoms with Gasteiger partial charge in [-0.25, -0.2) is 4.39 Å². The molecular formula is C40H47FN6O3. The van der Waals surface area contributed by atoms with Crippen LogP contribution in [0.5, 0.6) is 11.8 Å². The summed E-state index contributed by atoms with van der Waals surface area (Å²) in [5.74, 6) is 1.04. The van der Waals surface area contributed by atoms with E-state index >= 15 is 4.39 Å². The molecule has 1 N–H and O–H groups in total. The molecular weight excluding hydrogens is 631 g/mol. The summed E-state index contributed by atoms with van der Waals surface area (Å²) in [5, 5.41) is 12.9. The van der Waals surface area contributed by atoms with E-state index in [2.05, 4.69) is 26.6 Å². The second kappa shape index (κ2) is 12.6. The molecule has 5 fully saturated rings. The number of aromatic nitrogens is 2. The fourth-order valence-electron chi connectivity index (χ4n) is 9.92. The number of carbonyl (C=O) groups is 1. The van der Waals surface area contributed by atoms with E-state index in [1.165, 1.54) is 0 Å². The lowest BCUT2D eigenvalue weighted by atomic mass is 9.93. The van der Waals surface area contributed by atoms with E-state index in [4.69, 9.17) is 14.7 Å². The summed E-state index contributed by atoms with van der Waals surface area (Å²) >= 11 is 0. The first kappa shape index (κ1) is 31.9. The van der Waals surface area contributed by atoms with E-state index in [9.17, 15) is 9.90 Å². The zero-order valence-corrected chi connectivity index (χ0v) is 29.0. The predicted octanol–water partition coefficient (Wildman–Crippen LogP) is 6.21. The van der Waals surface area contributed by atoms with Gasteiger partial charge in [0.1, 0.15) is 23.7 Å². The molecule has 5 saturated heterocycles. The number of hydrogen-bond acceptors (Lipinski definition) is 8. The third-order valence-electron chi connectivity index (χ3n) is 12.6. The number of piperidine rings is 1. The van der Waals surface area contributed by atoms with Crippen LogP contribution in [0.1, 0.15) is 57.8 Å². The minimum atomic E-state index is -0.455. The lowest BCUT2D eigenvalue weighted by Gasteiger charge is -2.42. The Morgan fingerprint density at radius 3 is 2.42 bits per heavy atom. The number of benzene rings is 3. The average Bonchev–Trinajstić information content (AvgIpc) is 3.78. The largest absolute Gasteiger partial charge is 0.508 e. The molecule has 0 unspecified atom stereocenters. The molecule has 9 rings (SSSR count). The van der Waals surface area contributed by atoms with Crippen molar-refractivity contribution in [2.75, 3.05) is 57.8 Å². The van der Waals surface area contributed by atoms with E-state index in [0.29, 0.717) is 54.4 Å². The molecule has 4 aromatic rings. The number of rotatable bonds is 7. The Morgan fingerprint density at radius 1 is 0.920 bits per heavy atom. The number of likely N-dealkylation sites (tertiary alicyclic amines) is 1. The van der Waals surface area contributed by atoms with Gasteiger partial charge in [0.05, 0.1) is 5.54 Å². The zero-order chi connectivity index (χ0) is 34.0. The molecule has 5 aliphatic rings. The highest BCUT2D eigenvalue weighted by Gasteiger charge is 2.46. The molecule has 10 heteroatoms. The fourth-order valence-corrected chi connectivity index (χ4v) is 9.92. The van der Waals surface area contributed by atoms with Gasteiger partial charge in [0.25, 0.3) is 0 Å². The van der Waals surface area contributed by atoms with Gasteiger partial charge in [-0.05, 0) is 125 Å². The van der Waals surface area contributed by atoms with Crippen molar-refractivity contribution in [1.29, 1.82) is 0 Å². The van der Waals surface area contributed by atoms with Gasteiger partial charge in [0.2, 0.25) is 5.91 Å². The second-order valence-corrected chi connectivity index (χ2v) is 15.6.